The molecule has 0 bridgehead atoms. The van der Waals surface area contributed by atoms with E-state index in [1.54, 1.807) is 0 Å². The van der Waals surface area contributed by atoms with Gasteiger partial charge in [-0.1, -0.05) is 41.9 Å². The molecule has 0 saturated carbocycles. The zero-order chi connectivity index (χ0) is 13.8. The Kier molecular flexibility index (Phi) is 4.59. The molecule has 1 unspecified atom stereocenters. The lowest BCUT2D eigenvalue weighted by Crippen LogP contribution is -2.30. The summed E-state index contributed by atoms with van der Waals surface area (Å²) in [5, 5.41) is 0.757. The number of aryl methyl sites for hydroxylation is 2. The highest BCUT2D eigenvalue weighted by molar-refractivity contribution is 6.30. The summed E-state index contributed by atoms with van der Waals surface area (Å²) in [6, 6.07) is 14.3. The van der Waals surface area contributed by atoms with Crippen LogP contribution in [0.4, 0.5) is 0 Å². The monoisotopic (exact) mass is 274 g/mol. The molecule has 0 aliphatic rings. The van der Waals surface area contributed by atoms with Crippen molar-refractivity contribution < 1.29 is 0 Å². The van der Waals surface area contributed by atoms with E-state index in [0.29, 0.717) is 0 Å². The molecule has 0 aliphatic carbocycles. The van der Waals surface area contributed by atoms with Crippen LogP contribution in [0.5, 0.6) is 0 Å². The lowest BCUT2D eigenvalue weighted by molar-refractivity contribution is 0.547. The first-order valence-corrected chi connectivity index (χ1v) is 6.76. The third-order valence-corrected chi connectivity index (χ3v) is 3.70. The molecule has 2 rings (SSSR count). The van der Waals surface area contributed by atoms with Crippen LogP contribution in [-0.2, 0) is 6.42 Å². The second kappa shape index (κ2) is 6.20. The number of hydrogen-bond acceptors (Lipinski definition) is 2. The Morgan fingerprint density at radius 1 is 1.05 bits per heavy atom. The lowest BCUT2D eigenvalue weighted by Gasteiger charge is -2.21. The van der Waals surface area contributed by atoms with Gasteiger partial charge in [-0.05, 0) is 54.7 Å². The van der Waals surface area contributed by atoms with Gasteiger partial charge < -0.3 is 0 Å². The highest BCUT2D eigenvalue weighted by Gasteiger charge is 2.15. The summed E-state index contributed by atoms with van der Waals surface area (Å²) in [6.07, 6.45) is 0.847. The van der Waals surface area contributed by atoms with Gasteiger partial charge in [0.2, 0.25) is 0 Å². The number of nitrogens with one attached hydrogen (secondary N) is 1. The second-order valence-corrected chi connectivity index (χ2v) is 5.29. The Morgan fingerprint density at radius 3 is 2.16 bits per heavy atom. The summed E-state index contributed by atoms with van der Waals surface area (Å²) >= 11 is 5.91. The standard InChI is InChI=1S/C16H19ClN2/c1-11-4-3-5-12(2)16(11)15(19-18)10-13-6-8-14(17)9-7-13/h3-9,15,19H,10,18H2,1-2H3. The van der Waals surface area contributed by atoms with Crippen molar-refractivity contribution in [1.82, 2.24) is 5.43 Å². The van der Waals surface area contributed by atoms with E-state index in [4.69, 9.17) is 17.4 Å². The van der Waals surface area contributed by atoms with E-state index in [0.717, 1.165) is 11.4 Å². The molecule has 2 nitrogen and oxygen atoms in total. The Balaban J connectivity index is 2.27. The van der Waals surface area contributed by atoms with E-state index in [1.807, 2.05) is 24.3 Å². The predicted octanol–water partition coefficient (Wildman–Crippen LogP) is 3.70. The zero-order valence-corrected chi connectivity index (χ0v) is 12.0. The van der Waals surface area contributed by atoms with Gasteiger partial charge in [-0.15, -0.1) is 0 Å². The maximum atomic E-state index is 5.91. The van der Waals surface area contributed by atoms with Crippen molar-refractivity contribution in [3.05, 3.63) is 69.7 Å². The fourth-order valence-corrected chi connectivity index (χ4v) is 2.60. The number of nitrogens with two attached hydrogens (primary N) is 1. The fraction of sp³-hybridized carbons (Fsp3) is 0.250. The number of hydrogen-bond donors (Lipinski definition) is 2. The molecule has 0 amide bonds. The van der Waals surface area contributed by atoms with E-state index in [9.17, 15) is 0 Å². The van der Waals surface area contributed by atoms with Crippen LogP contribution < -0.4 is 11.3 Å². The van der Waals surface area contributed by atoms with Gasteiger partial charge in [-0.25, -0.2) is 0 Å². The highest BCUT2D eigenvalue weighted by atomic mass is 35.5. The lowest BCUT2D eigenvalue weighted by atomic mass is 9.92. The van der Waals surface area contributed by atoms with Crippen LogP contribution >= 0.6 is 11.6 Å². The van der Waals surface area contributed by atoms with Crippen molar-refractivity contribution in [2.24, 2.45) is 5.84 Å². The topological polar surface area (TPSA) is 38.0 Å². The Labute approximate surface area is 119 Å². The molecule has 0 saturated heterocycles. The summed E-state index contributed by atoms with van der Waals surface area (Å²) in [5.41, 5.74) is 7.95. The SMILES string of the molecule is Cc1cccc(C)c1C(Cc1ccc(Cl)cc1)NN. The smallest absolute Gasteiger partial charge is 0.0505 e. The van der Waals surface area contributed by atoms with Crippen LogP contribution in [0.25, 0.3) is 0 Å². The van der Waals surface area contributed by atoms with Crippen molar-refractivity contribution in [3.63, 3.8) is 0 Å². The van der Waals surface area contributed by atoms with E-state index in [1.165, 1.54) is 22.3 Å². The molecule has 19 heavy (non-hydrogen) atoms. The number of rotatable bonds is 4. The van der Waals surface area contributed by atoms with E-state index in [2.05, 4.69) is 37.5 Å². The molecule has 2 aromatic rings. The molecule has 0 aliphatic heterocycles. The average molecular weight is 275 g/mol. The van der Waals surface area contributed by atoms with Crippen LogP contribution in [0.1, 0.15) is 28.3 Å². The molecule has 0 fully saturated rings. The van der Waals surface area contributed by atoms with Crippen LogP contribution in [-0.4, -0.2) is 0 Å². The molecule has 100 valence electrons. The second-order valence-electron chi connectivity index (χ2n) is 4.86. The Bertz CT molecular complexity index is 529. The van der Waals surface area contributed by atoms with Crippen LogP contribution in [0.3, 0.4) is 0 Å². The molecule has 0 aromatic heterocycles. The molecule has 2 aromatic carbocycles. The van der Waals surface area contributed by atoms with Gasteiger partial charge in [0.15, 0.2) is 0 Å². The van der Waals surface area contributed by atoms with Crippen molar-refractivity contribution in [2.75, 3.05) is 0 Å². The fourth-order valence-electron chi connectivity index (χ4n) is 2.48. The number of benzene rings is 2. The quantitative estimate of drug-likeness (QED) is 0.659. The first-order valence-electron chi connectivity index (χ1n) is 6.38. The zero-order valence-electron chi connectivity index (χ0n) is 11.3. The summed E-state index contributed by atoms with van der Waals surface area (Å²) in [5.74, 6) is 5.74. The third kappa shape index (κ3) is 3.35. The van der Waals surface area contributed by atoms with Crippen LogP contribution in [0.2, 0.25) is 5.02 Å². The number of halogens is 1. The van der Waals surface area contributed by atoms with Gasteiger partial charge in [0.25, 0.3) is 0 Å². The van der Waals surface area contributed by atoms with Gasteiger partial charge in [0.05, 0.1) is 6.04 Å². The van der Waals surface area contributed by atoms with Gasteiger partial charge in [-0.2, -0.15) is 0 Å². The maximum Gasteiger partial charge on any atom is 0.0505 e. The largest absolute Gasteiger partial charge is 0.271 e. The van der Waals surface area contributed by atoms with Crippen molar-refractivity contribution in [3.8, 4) is 0 Å². The van der Waals surface area contributed by atoms with Crippen LogP contribution in [0, 0.1) is 13.8 Å². The van der Waals surface area contributed by atoms with Crippen molar-refractivity contribution in [2.45, 2.75) is 26.3 Å². The van der Waals surface area contributed by atoms with Crippen molar-refractivity contribution >= 4 is 11.6 Å². The minimum Gasteiger partial charge on any atom is -0.271 e. The molecule has 3 heteroatoms. The molecule has 0 spiro atoms. The van der Waals surface area contributed by atoms with Crippen LogP contribution in [0.15, 0.2) is 42.5 Å². The minimum absolute atomic E-state index is 0.113. The summed E-state index contributed by atoms with van der Waals surface area (Å²) in [6.45, 7) is 4.24. The van der Waals surface area contributed by atoms with E-state index < -0.39 is 0 Å². The van der Waals surface area contributed by atoms with E-state index >= 15 is 0 Å². The molecular weight excluding hydrogens is 256 g/mol. The average Bonchev–Trinajstić information content (AvgIpc) is 2.39. The first-order chi connectivity index (χ1) is 9.11. The predicted molar refractivity (Wildman–Crippen MR) is 81.1 cm³/mol. The van der Waals surface area contributed by atoms with Gasteiger partial charge in [0, 0.05) is 5.02 Å². The highest BCUT2D eigenvalue weighted by Crippen LogP contribution is 2.25. The maximum absolute atomic E-state index is 5.91. The normalized spacial score (nSPS) is 12.4. The summed E-state index contributed by atoms with van der Waals surface area (Å²) < 4.78 is 0. The Hall–Kier alpha value is -1.35. The minimum atomic E-state index is 0.113. The molecule has 3 N–H and O–H groups in total. The Morgan fingerprint density at radius 2 is 1.63 bits per heavy atom. The molecule has 1 atom stereocenters. The first kappa shape index (κ1) is 14.1. The molecule has 0 radical (unpaired) electrons. The van der Waals surface area contributed by atoms with Gasteiger partial charge in [0.1, 0.15) is 0 Å². The summed E-state index contributed by atoms with van der Waals surface area (Å²) in [7, 11) is 0. The van der Waals surface area contributed by atoms with Gasteiger partial charge >= 0.3 is 0 Å². The third-order valence-electron chi connectivity index (χ3n) is 3.44. The van der Waals surface area contributed by atoms with E-state index in [-0.39, 0.29) is 6.04 Å². The van der Waals surface area contributed by atoms with Gasteiger partial charge in [-0.3, -0.25) is 11.3 Å². The molecular formula is C16H19ClN2. The van der Waals surface area contributed by atoms with Crippen molar-refractivity contribution in [1.29, 1.82) is 0 Å². The number of hydrazine groups is 1. The molecule has 0 heterocycles. The summed E-state index contributed by atoms with van der Waals surface area (Å²) in [4.78, 5) is 0.